The van der Waals surface area contributed by atoms with Crippen molar-refractivity contribution in [1.29, 1.82) is 0 Å². The lowest BCUT2D eigenvalue weighted by molar-refractivity contribution is -0.164. The van der Waals surface area contributed by atoms with Crippen LogP contribution in [0.15, 0.2) is 0 Å². The lowest BCUT2D eigenvalue weighted by Crippen LogP contribution is -2.35. The topological polar surface area (TPSA) is 63.6 Å². The number of carboxylic acid groups (broad SMARTS) is 1. The SMILES string of the molecule is CC(C)CCCCCCCCCCCCCCC(CC(C)C)OC(=O)C1CCCCC1C(=O)O. The van der Waals surface area contributed by atoms with E-state index in [4.69, 9.17) is 4.74 Å². The van der Waals surface area contributed by atoms with Crippen molar-refractivity contribution in [2.24, 2.45) is 23.7 Å². The van der Waals surface area contributed by atoms with Gasteiger partial charge in [-0.3, -0.25) is 9.59 Å². The van der Waals surface area contributed by atoms with Gasteiger partial charge >= 0.3 is 11.9 Å². The summed E-state index contributed by atoms with van der Waals surface area (Å²) in [7, 11) is 0. The van der Waals surface area contributed by atoms with Gasteiger partial charge in [0.05, 0.1) is 11.8 Å². The molecular formula is C30H56O4. The minimum Gasteiger partial charge on any atom is -0.481 e. The summed E-state index contributed by atoms with van der Waals surface area (Å²) in [5.74, 6) is -0.813. The van der Waals surface area contributed by atoms with Gasteiger partial charge in [0.1, 0.15) is 6.10 Å². The van der Waals surface area contributed by atoms with E-state index in [-0.39, 0.29) is 12.1 Å². The number of hydrogen-bond acceptors (Lipinski definition) is 3. The van der Waals surface area contributed by atoms with Gasteiger partial charge in [-0.25, -0.2) is 0 Å². The summed E-state index contributed by atoms with van der Waals surface area (Å²) in [6.07, 6.45) is 22.2. The molecule has 0 amide bonds. The zero-order valence-electron chi connectivity index (χ0n) is 23.0. The maximum atomic E-state index is 12.8. The average Bonchev–Trinajstić information content (AvgIpc) is 2.78. The number of aliphatic carboxylic acids is 1. The first-order chi connectivity index (χ1) is 16.3. The van der Waals surface area contributed by atoms with Gasteiger partial charge in [-0.1, -0.05) is 118 Å². The van der Waals surface area contributed by atoms with Crippen LogP contribution in [-0.4, -0.2) is 23.1 Å². The molecule has 200 valence electrons. The highest BCUT2D eigenvalue weighted by Crippen LogP contribution is 2.32. The Morgan fingerprint density at radius 3 is 1.56 bits per heavy atom. The summed E-state index contributed by atoms with van der Waals surface area (Å²) in [5, 5.41) is 9.48. The second-order valence-corrected chi connectivity index (χ2v) is 11.7. The van der Waals surface area contributed by atoms with Crippen LogP contribution < -0.4 is 0 Å². The smallest absolute Gasteiger partial charge is 0.310 e. The van der Waals surface area contributed by atoms with Crippen LogP contribution in [0.3, 0.4) is 0 Å². The molecule has 1 saturated carbocycles. The molecule has 1 N–H and O–H groups in total. The van der Waals surface area contributed by atoms with Crippen LogP contribution in [-0.2, 0) is 14.3 Å². The molecule has 0 heterocycles. The monoisotopic (exact) mass is 480 g/mol. The lowest BCUT2D eigenvalue weighted by Gasteiger charge is -2.29. The standard InChI is InChI=1S/C30H56O4/c1-24(2)19-15-13-11-9-7-5-6-8-10-12-14-16-20-26(23-25(3)4)34-30(33)28-22-18-17-21-27(28)29(31)32/h24-28H,5-23H2,1-4H3,(H,31,32). The molecule has 1 aliphatic carbocycles. The molecule has 0 radical (unpaired) electrons. The third-order valence-corrected chi connectivity index (χ3v) is 7.46. The van der Waals surface area contributed by atoms with Crippen molar-refractivity contribution in [1.82, 2.24) is 0 Å². The largest absolute Gasteiger partial charge is 0.481 e. The van der Waals surface area contributed by atoms with Gasteiger partial charge in [0.15, 0.2) is 0 Å². The van der Waals surface area contributed by atoms with Gasteiger partial charge < -0.3 is 9.84 Å². The van der Waals surface area contributed by atoms with Gasteiger partial charge in [-0.15, -0.1) is 0 Å². The maximum absolute atomic E-state index is 12.8. The highest BCUT2D eigenvalue weighted by molar-refractivity contribution is 5.81. The van der Waals surface area contributed by atoms with E-state index in [1.807, 2.05) is 0 Å². The van der Waals surface area contributed by atoms with Crippen molar-refractivity contribution in [3.63, 3.8) is 0 Å². The van der Waals surface area contributed by atoms with Crippen LogP contribution in [0.25, 0.3) is 0 Å². The van der Waals surface area contributed by atoms with E-state index in [2.05, 4.69) is 27.7 Å². The fourth-order valence-electron chi connectivity index (χ4n) is 5.40. The molecule has 0 bridgehead atoms. The fraction of sp³-hybridized carbons (Fsp3) is 0.933. The number of esters is 1. The van der Waals surface area contributed by atoms with Crippen LogP contribution >= 0.6 is 0 Å². The zero-order chi connectivity index (χ0) is 25.2. The van der Waals surface area contributed by atoms with Crippen LogP contribution in [0.5, 0.6) is 0 Å². The van der Waals surface area contributed by atoms with Crippen LogP contribution in [0, 0.1) is 23.7 Å². The van der Waals surface area contributed by atoms with E-state index in [0.29, 0.717) is 18.8 Å². The molecule has 0 aromatic heterocycles. The molecule has 3 unspecified atom stereocenters. The Morgan fingerprint density at radius 2 is 1.12 bits per heavy atom. The van der Waals surface area contributed by atoms with Crippen molar-refractivity contribution in [2.75, 3.05) is 0 Å². The molecule has 4 heteroatoms. The molecule has 34 heavy (non-hydrogen) atoms. The number of carbonyl (C=O) groups excluding carboxylic acids is 1. The van der Waals surface area contributed by atoms with Gasteiger partial charge in [-0.05, 0) is 43.9 Å². The summed E-state index contributed by atoms with van der Waals surface area (Å²) in [4.78, 5) is 24.3. The van der Waals surface area contributed by atoms with Gasteiger partial charge in [0.25, 0.3) is 0 Å². The number of ether oxygens (including phenoxy) is 1. The van der Waals surface area contributed by atoms with Crippen LogP contribution in [0.4, 0.5) is 0 Å². The van der Waals surface area contributed by atoms with Crippen molar-refractivity contribution < 1.29 is 19.4 Å². The minimum absolute atomic E-state index is 0.0654. The molecule has 4 nitrogen and oxygen atoms in total. The fourth-order valence-corrected chi connectivity index (χ4v) is 5.40. The molecule has 0 aliphatic heterocycles. The van der Waals surface area contributed by atoms with E-state index in [1.165, 1.54) is 77.0 Å². The first-order valence-electron chi connectivity index (χ1n) is 14.7. The average molecular weight is 481 g/mol. The Balaban J connectivity index is 2.13. The minimum atomic E-state index is -0.844. The Morgan fingerprint density at radius 1 is 0.676 bits per heavy atom. The van der Waals surface area contributed by atoms with Crippen LogP contribution in [0.1, 0.15) is 150 Å². The van der Waals surface area contributed by atoms with E-state index in [9.17, 15) is 14.7 Å². The van der Waals surface area contributed by atoms with E-state index < -0.39 is 17.8 Å². The third-order valence-electron chi connectivity index (χ3n) is 7.46. The van der Waals surface area contributed by atoms with E-state index >= 15 is 0 Å². The quantitative estimate of drug-likeness (QED) is 0.139. The predicted molar refractivity (Wildman–Crippen MR) is 142 cm³/mol. The number of hydrogen-bond donors (Lipinski definition) is 1. The van der Waals surface area contributed by atoms with E-state index in [0.717, 1.165) is 38.0 Å². The third kappa shape index (κ3) is 15.0. The lowest BCUT2D eigenvalue weighted by atomic mass is 9.79. The first kappa shape index (κ1) is 31.0. The Bertz CT molecular complexity index is 528. The summed E-state index contributed by atoms with van der Waals surface area (Å²) in [6, 6.07) is 0. The molecular weight excluding hydrogens is 424 g/mol. The molecule has 0 saturated heterocycles. The van der Waals surface area contributed by atoms with Gasteiger partial charge in [0.2, 0.25) is 0 Å². The van der Waals surface area contributed by atoms with Gasteiger partial charge in [0, 0.05) is 0 Å². The molecule has 0 aromatic rings. The summed E-state index contributed by atoms with van der Waals surface area (Å²) >= 11 is 0. The molecule has 0 spiro atoms. The second kappa shape index (κ2) is 19.2. The summed E-state index contributed by atoms with van der Waals surface area (Å²) in [5.41, 5.74) is 0. The Hall–Kier alpha value is -1.06. The van der Waals surface area contributed by atoms with Crippen LogP contribution in [0.2, 0.25) is 0 Å². The van der Waals surface area contributed by atoms with Crippen molar-refractivity contribution in [3.05, 3.63) is 0 Å². The molecule has 1 fully saturated rings. The molecule has 1 rings (SSSR count). The maximum Gasteiger partial charge on any atom is 0.310 e. The van der Waals surface area contributed by atoms with Crippen molar-refractivity contribution in [2.45, 2.75) is 156 Å². The molecule has 1 aliphatic rings. The number of rotatable bonds is 20. The molecule has 0 aromatic carbocycles. The second-order valence-electron chi connectivity index (χ2n) is 11.7. The van der Waals surface area contributed by atoms with Crippen molar-refractivity contribution in [3.8, 4) is 0 Å². The highest BCUT2D eigenvalue weighted by atomic mass is 16.5. The van der Waals surface area contributed by atoms with Gasteiger partial charge in [-0.2, -0.15) is 0 Å². The Kier molecular flexibility index (Phi) is 17.5. The van der Waals surface area contributed by atoms with Crippen molar-refractivity contribution >= 4 is 11.9 Å². The number of unbranched alkanes of at least 4 members (excludes halogenated alkanes) is 11. The Labute approximate surface area is 211 Å². The highest BCUT2D eigenvalue weighted by Gasteiger charge is 2.37. The summed E-state index contributed by atoms with van der Waals surface area (Å²) < 4.78 is 5.90. The number of carbonyl (C=O) groups is 2. The normalized spacial score (nSPS) is 19.5. The molecule has 3 atom stereocenters. The number of carboxylic acids is 1. The zero-order valence-corrected chi connectivity index (χ0v) is 23.0. The summed E-state index contributed by atoms with van der Waals surface area (Å²) in [6.45, 7) is 8.95. The van der Waals surface area contributed by atoms with E-state index in [1.54, 1.807) is 0 Å². The predicted octanol–water partition coefficient (Wildman–Crippen LogP) is 8.95. The first-order valence-corrected chi connectivity index (χ1v) is 14.7.